The van der Waals surface area contributed by atoms with Gasteiger partial charge in [-0.3, -0.25) is 4.99 Å². The number of allylic oxidation sites excluding steroid dienone is 1. The van der Waals surface area contributed by atoms with Crippen LogP contribution in [0.2, 0.25) is 0 Å². The van der Waals surface area contributed by atoms with Gasteiger partial charge in [-0.05, 0) is 0 Å². The van der Waals surface area contributed by atoms with Crippen LogP contribution in [-0.2, 0) is 0 Å². The number of fused-ring (bicyclic) bond motifs is 1. The van der Waals surface area contributed by atoms with E-state index in [0.29, 0.717) is 5.92 Å². The van der Waals surface area contributed by atoms with Crippen molar-refractivity contribution in [3.05, 3.63) is 11.9 Å². The Morgan fingerprint density at radius 1 is 1.73 bits per heavy atom. The number of nitrogens with two attached hydrogens (primary N) is 1. The molecule has 2 atom stereocenters. The molecular weight excluding hydrogens is 182 g/mol. The van der Waals surface area contributed by atoms with Crippen LogP contribution in [0.3, 0.4) is 0 Å². The SMILES string of the molecule is Cl.NC1NC2=CN=CC2CS1. The van der Waals surface area contributed by atoms with E-state index in [1.165, 1.54) is 5.70 Å². The molecule has 0 aliphatic carbocycles. The van der Waals surface area contributed by atoms with Gasteiger partial charge in [0.2, 0.25) is 0 Å². The highest BCUT2D eigenvalue weighted by atomic mass is 35.5. The normalized spacial score (nSPS) is 33.4. The van der Waals surface area contributed by atoms with Crippen LogP contribution >= 0.6 is 24.2 Å². The topological polar surface area (TPSA) is 50.4 Å². The van der Waals surface area contributed by atoms with Gasteiger partial charge in [0.1, 0.15) is 5.50 Å². The fraction of sp³-hybridized carbons (Fsp3) is 0.500. The third kappa shape index (κ3) is 1.69. The van der Waals surface area contributed by atoms with Crippen molar-refractivity contribution in [3.63, 3.8) is 0 Å². The second kappa shape index (κ2) is 3.47. The highest BCUT2D eigenvalue weighted by Gasteiger charge is 2.23. The van der Waals surface area contributed by atoms with E-state index in [1.807, 2.05) is 12.4 Å². The number of rotatable bonds is 0. The van der Waals surface area contributed by atoms with Gasteiger partial charge in [-0.25, -0.2) is 0 Å². The van der Waals surface area contributed by atoms with Crippen LogP contribution in [0, 0.1) is 5.92 Å². The molecule has 0 aromatic carbocycles. The van der Waals surface area contributed by atoms with Crippen molar-refractivity contribution in [1.29, 1.82) is 0 Å². The zero-order valence-corrected chi connectivity index (χ0v) is 7.49. The first-order valence-electron chi connectivity index (χ1n) is 3.23. The molecule has 0 bridgehead atoms. The van der Waals surface area contributed by atoms with E-state index in [-0.39, 0.29) is 17.9 Å². The summed E-state index contributed by atoms with van der Waals surface area (Å²) in [5, 5.41) is 3.16. The van der Waals surface area contributed by atoms with Crippen molar-refractivity contribution < 1.29 is 0 Å². The Hall–Kier alpha value is -0.190. The van der Waals surface area contributed by atoms with E-state index >= 15 is 0 Å². The van der Waals surface area contributed by atoms with Crippen LogP contribution in [0.5, 0.6) is 0 Å². The number of hydrogen-bond acceptors (Lipinski definition) is 4. The quantitative estimate of drug-likeness (QED) is 0.588. The molecule has 2 rings (SSSR count). The van der Waals surface area contributed by atoms with Crippen LogP contribution in [0.15, 0.2) is 16.9 Å². The van der Waals surface area contributed by atoms with Gasteiger partial charge in [0.15, 0.2) is 0 Å². The highest BCUT2D eigenvalue weighted by Crippen LogP contribution is 2.24. The average Bonchev–Trinajstić information content (AvgIpc) is 2.33. The Morgan fingerprint density at radius 3 is 3.36 bits per heavy atom. The first-order valence-corrected chi connectivity index (χ1v) is 4.28. The summed E-state index contributed by atoms with van der Waals surface area (Å²) in [6.45, 7) is 0. The van der Waals surface area contributed by atoms with Gasteiger partial charge in [-0.15, -0.1) is 24.2 Å². The molecule has 1 fully saturated rings. The molecule has 0 aromatic rings. The lowest BCUT2D eigenvalue weighted by molar-refractivity contribution is 0.687. The summed E-state index contributed by atoms with van der Waals surface area (Å²) in [6, 6.07) is 0. The van der Waals surface area contributed by atoms with E-state index in [1.54, 1.807) is 11.8 Å². The molecule has 0 saturated carbocycles. The van der Waals surface area contributed by atoms with Crippen LogP contribution in [0.1, 0.15) is 0 Å². The maximum atomic E-state index is 5.65. The Labute approximate surface area is 75.9 Å². The number of halogens is 1. The molecular formula is C6H10ClN3S. The maximum Gasteiger partial charge on any atom is 0.123 e. The smallest absolute Gasteiger partial charge is 0.123 e. The van der Waals surface area contributed by atoms with E-state index in [9.17, 15) is 0 Å². The minimum atomic E-state index is 0. The van der Waals surface area contributed by atoms with Crippen LogP contribution in [-0.4, -0.2) is 17.5 Å². The predicted octanol–water partition coefficient (Wildman–Crippen LogP) is 0.529. The second-order valence-corrected chi connectivity index (χ2v) is 3.56. The second-order valence-electron chi connectivity index (χ2n) is 2.39. The first-order chi connectivity index (χ1) is 4.86. The Balaban J connectivity index is 0.000000605. The third-order valence-electron chi connectivity index (χ3n) is 1.64. The number of hydrogen-bond donors (Lipinski definition) is 2. The molecule has 0 radical (unpaired) electrons. The van der Waals surface area contributed by atoms with Gasteiger partial charge >= 0.3 is 0 Å². The van der Waals surface area contributed by atoms with Crippen molar-refractivity contribution >= 4 is 30.4 Å². The summed E-state index contributed by atoms with van der Waals surface area (Å²) in [5.41, 5.74) is 6.88. The molecule has 1 saturated heterocycles. The Morgan fingerprint density at radius 2 is 2.55 bits per heavy atom. The van der Waals surface area contributed by atoms with Gasteiger partial charge < -0.3 is 11.1 Å². The lowest BCUT2D eigenvalue weighted by Gasteiger charge is -2.25. The molecule has 3 nitrogen and oxygen atoms in total. The fourth-order valence-electron chi connectivity index (χ4n) is 1.09. The van der Waals surface area contributed by atoms with Crippen molar-refractivity contribution in [3.8, 4) is 0 Å². The largest absolute Gasteiger partial charge is 0.363 e. The molecule has 2 aliphatic heterocycles. The summed E-state index contributed by atoms with van der Waals surface area (Å²) in [7, 11) is 0. The van der Waals surface area contributed by atoms with E-state index < -0.39 is 0 Å². The number of nitrogens with one attached hydrogen (secondary N) is 1. The van der Waals surface area contributed by atoms with Crippen molar-refractivity contribution in [1.82, 2.24) is 5.32 Å². The Bertz CT molecular complexity index is 204. The molecule has 0 aromatic heterocycles. The predicted molar refractivity (Wildman–Crippen MR) is 50.9 cm³/mol. The standard InChI is InChI=1S/C6H9N3S.ClH/c7-6-9-5-2-8-1-4(5)3-10-6;/h1-2,4,6,9H,3,7H2;1H. The lowest BCUT2D eigenvalue weighted by Crippen LogP contribution is -2.40. The van der Waals surface area contributed by atoms with Gasteiger partial charge in [-0.2, -0.15) is 0 Å². The van der Waals surface area contributed by atoms with Crippen molar-refractivity contribution in [2.45, 2.75) is 5.50 Å². The summed E-state index contributed by atoms with van der Waals surface area (Å²) in [4.78, 5) is 4.04. The van der Waals surface area contributed by atoms with Crippen LogP contribution in [0.25, 0.3) is 0 Å². The van der Waals surface area contributed by atoms with Crippen LogP contribution < -0.4 is 11.1 Å². The molecule has 0 amide bonds. The van der Waals surface area contributed by atoms with Crippen molar-refractivity contribution in [2.24, 2.45) is 16.6 Å². The first kappa shape index (κ1) is 8.90. The molecule has 2 unspecified atom stereocenters. The van der Waals surface area contributed by atoms with E-state index in [2.05, 4.69) is 10.3 Å². The highest BCUT2D eigenvalue weighted by molar-refractivity contribution is 7.99. The number of thioether (sulfide) groups is 1. The molecule has 2 heterocycles. The molecule has 3 N–H and O–H groups in total. The Kier molecular flexibility index (Phi) is 2.81. The third-order valence-corrected chi connectivity index (χ3v) is 2.67. The molecule has 0 spiro atoms. The number of aliphatic imine (C=N–C) groups is 1. The van der Waals surface area contributed by atoms with Gasteiger partial charge in [0, 0.05) is 29.8 Å². The minimum absolute atomic E-state index is 0. The van der Waals surface area contributed by atoms with Crippen molar-refractivity contribution in [2.75, 3.05) is 5.75 Å². The summed E-state index contributed by atoms with van der Waals surface area (Å²) in [5.74, 6) is 1.55. The summed E-state index contributed by atoms with van der Waals surface area (Å²) in [6.07, 6.45) is 3.81. The summed E-state index contributed by atoms with van der Waals surface area (Å²) < 4.78 is 0. The maximum absolute atomic E-state index is 5.65. The number of nitrogens with zero attached hydrogens (tertiary/aromatic N) is 1. The average molecular weight is 192 g/mol. The molecule has 2 aliphatic rings. The van der Waals surface area contributed by atoms with Gasteiger partial charge in [0.05, 0.1) is 0 Å². The van der Waals surface area contributed by atoms with E-state index in [4.69, 9.17) is 5.73 Å². The molecule has 11 heavy (non-hydrogen) atoms. The van der Waals surface area contributed by atoms with Crippen LogP contribution in [0.4, 0.5) is 0 Å². The van der Waals surface area contributed by atoms with Gasteiger partial charge in [0.25, 0.3) is 0 Å². The minimum Gasteiger partial charge on any atom is -0.363 e. The van der Waals surface area contributed by atoms with Gasteiger partial charge in [-0.1, -0.05) is 0 Å². The summed E-state index contributed by atoms with van der Waals surface area (Å²) >= 11 is 1.73. The zero-order chi connectivity index (χ0) is 6.97. The fourth-order valence-corrected chi connectivity index (χ4v) is 1.99. The monoisotopic (exact) mass is 191 g/mol. The lowest BCUT2D eigenvalue weighted by atomic mass is 10.1. The van der Waals surface area contributed by atoms with E-state index in [0.717, 1.165) is 5.75 Å². The zero-order valence-electron chi connectivity index (χ0n) is 5.86. The molecule has 5 heteroatoms. The molecule has 62 valence electrons.